The Morgan fingerprint density at radius 2 is 0.759 bits per heavy atom. The van der Waals surface area contributed by atoms with Gasteiger partial charge in [0.1, 0.15) is 34.5 Å². The van der Waals surface area contributed by atoms with Crippen molar-refractivity contribution in [3.8, 4) is 34.5 Å². The van der Waals surface area contributed by atoms with Crippen molar-refractivity contribution in [1.29, 1.82) is 0 Å². The largest absolute Gasteiger partial charge is 0.497 e. The summed E-state index contributed by atoms with van der Waals surface area (Å²) in [5.41, 5.74) is 18.1. The summed E-state index contributed by atoms with van der Waals surface area (Å²) in [6.45, 7) is 12.9. The summed E-state index contributed by atoms with van der Waals surface area (Å²) < 4.78 is 36.2. The van der Waals surface area contributed by atoms with Crippen molar-refractivity contribution in [2.45, 2.75) is 53.4 Å². The molecule has 0 aromatic heterocycles. The summed E-state index contributed by atoms with van der Waals surface area (Å²) in [5.74, 6) is 4.48. The minimum atomic E-state index is -0.169. The van der Waals surface area contributed by atoms with Crippen LogP contribution in [0.25, 0.3) is 21.9 Å². The van der Waals surface area contributed by atoms with E-state index in [1.54, 1.807) is 42.7 Å². The van der Waals surface area contributed by atoms with Gasteiger partial charge in [-0.3, -0.25) is 0 Å². The highest BCUT2D eigenvalue weighted by molar-refractivity contribution is 6.12. The summed E-state index contributed by atoms with van der Waals surface area (Å²) in [4.78, 5) is 0. The van der Waals surface area contributed by atoms with Gasteiger partial charge in [0.05, 0.1) is 42.7 Å². The second-order valence-corrected chi connectivity index (χ2v) is 15.7. The fourth-order valence-electron chi connectivity index (χ4n) is 9.83. The lowest BCUT2D eigenvalue weighted by Gasteiger charge is -2.34. The van der Waals surface area contributed by atoms with Gasteiger partial charge < -0.3 is 28.4 Å². The Bertz CT molecular complexity index is 2720. The Hall–Kier alpha value is -6.14. The Balaban J connectivity index is 1.55. The number of ether oxygens (including phenoxy) is 6. The molecule has 0 N–H and O–H groups in total. The maximum absolute atomic E-state index is 6.20. The first-order chi connectivity index (χ1) is 28.0. The van der Waals surface area contributed by atoms with Crippen LogP contribution in [0.4, 0.5) is 0 Å². The van der Waals surface area contributed by atoms with Crippen molar-refractivity contribution in [3.05, 3.63) is 163 Å². The van der Waals surface area contributed by atoms with Crippen molar-refractivity contribution < 1.29 is 28.4 Å². The van der Waals surface area contributed by atoms with Crippen LogP contribution < -0.4 is 28.4 Å². The molecule has 6 nitrogen and oxygen atoms in total. The van der Waals surface area contributed by atoms with Gasteiger partial charge in [0.15, 0.2) is 0 Å². The van der Waals surface area contributed by atoms with Crippen LogP contribution in [0.5, 0.6) is 34.5 Å². The number of hydrogen-bond acceptors (Lipinski definition) is 6. The van der Waals surface area contributed by atoms with Gasteiger partial charge in [-0.25, -0.2) is 0 Å². The van der Waals surface area contributed by atoms with E-state index in [1.165, 1.54) is 27.5 Å². The van der Waals surface area contributed by atoms with Gasteiger partial charge in [0.2, 0.25) is 0 Å². The second kappa shape index (κ2) is 15.0. The first-order valence-electron chi connectivity index (χ1n) is 19.8. The van der Waals surface area contributed by atoms with E-state index in [1.807, 2.05) is 12.1 Å². The number of aryl methyl sites for hydroxylation is 6. The highest BCUT2D eigenvalue weighted by Gasteiger charge is 2.36. The van der Waals surface area contributed by atoms with Crippen LogP contribution in [-0.4, -0.2) is 42.7 Å². The molecule has 0 aliphatic heterocycles. The average Bonchev–Trinajstić information content (AvgIpc) is 3.21. The van der Waals surface area contributed by atoms with Gasteiger partial charge in [-0.15, -0.1) is 0 Å². The standard InChI is InChI=1S/C52H52O6/c1-27-17-29(3)47(43(19-27)55-9)39-25-40(48-30(4)18-28(2)20-44(48)56-10)36-14-16-38-42(50-32(6)22-34(54-8)24-46(50)58-12)26-41(37-15-13-35(39)51(36)52(37)38)49-31(5)21-33(53-7)23-45(49)57-11/h13-26,39,42H,1-12H3. The van der Waals surface area contributed by atoms with E-state index in [2.05, 4.69) is 114 Å². The molecule has 0 amide bonds. The van der Waals surface area contributed by atoms with E-state index in [0.717, 1.165) is 107 Å². The third-order valence-electron chi connectivity index (χ3n) is 12.2. The molecule has 58 heavy (non-hydrogen) atoms. The van der Waals surface area contributed by atoms with E-state index >= 15 is 0 Å². The molecule has 0 heterocycles. The van der Waals surface area contributed by atoms with Gasteiger partial charge in [-0.05, 0) is 143 Å². The molecule has 8 rings (SSSR count). The van der Waals surface area contributed by atoms with E-state index in [4.69, 9.17) is 28.4 Å². The topological polar surface area (TPSA) is 55.4 Å². The first kappa shape index (κ1) is 38.7. The molecule has 0 fully saturated rings. The summed E-state index contributed by atoms with van der Waals surface area (Å²) in [6.07, 6.45) is 4.83. The van der Waals surface area contributed by atoms with Crippen LogP contribution in [0.15, 0.2) is 84.9 Å². The smallest absolute Gasteiger partial charge is 0.130 e. The van der Waals surface area contributed by atoms with E-state index in [-0.39, 0.29) is 11.8 Å². The highest BCUT2D eigenvalue weighted by Crippen LogP contribution is 2.55. The van der Waals surface area contributed by atoms with Crippen LogP contribution >= 0.6 is 0 Å². The third-order valence-corrected chi connectivity index (χ3v) is 12.2. The number of rotatable bonds is 10. The van der Waals surface area contributed by atoms with E-state index in [0.29, 0.717) is 0 Å². The highest BCUT2D eigenvalue weighted by atomic mass is 16.5. The minimum Gasteiger partial charge on any atom is -0.497 e. The maximum Gasteiger partial charge on any atom is 0.130 e. The van der Waals surface area contributed by atoms with Gasteiger partial charge in [0, 0.05) is 46.2 Å². The second-order valence-electron chi connectivity index (χ2n) is 15.7. The summed E-state index contributed by atoms with van der Waals surface area (Å²) in [7, 11) is 10.4. The normalized spacial score (nSPS) is 15.4. The minimum absolute atomic E-state index is 0.116. The molecule has 0 saturated carbocycles. The predicted octanol–water partition coefficient (Wildman–Crippen LogP) is 11.9. The molecule has 2 atom stereocenters. The maximum atomic E-state index is 6.20. The Morgan fingerprint density at radius 1 is 0.379 bits per heavy atom. The quantitative estimate of drug-likeness (QED) is 0.138. The number of hydrogen-bond donors (Lipinski definition) is 0. The van der Waals surface area contributed by atoms with Crippen LogP contribution in [0, 0.1) is 41.5 Å². The van der Waals surface area contributed by atoms with E-state index < -0.39 is 0 Å². The zero-order chi connectivity index (χ0) is 41.2. The number of allylic oxidation sites excluding steroid dienone is 2. The Morgan fingerprint density at radius 3 is 1.24 bits per heavy atom. The van der Waals surface area contributed by atoms with Crippen LogP contribution in [-0.2, 0) is 0 Å². The van der Waals surface area contributed by atoms with Crippen LogP contribution in [0.2, 0.25) is 0 Å². The lowest BCUT2D eigenvalue weighted by Crippen LogP contribution is -2.16. The fraction of sp³-hybridized carbons (Fsp3) is 0.269. The van der Waals surface area contributed by atoms with Crippen molar-refractivity contribution in [2.24, 2.45) is 0 Å². The summed E-state index contributed by atoms with van der Waals surface area (Å²) >= 11 is 0. The molecule has 0 radical (unpaired) electrons. The Labute approximate surface area is 342 Å². The molecular formula is C52H52O6. The average molecular weight is 773 g/mol. The van der Waals surface area contributed by atoms with Crippen LogP contribution in [0.3, 0.4) is 0 Å². The molecule has 296 valence electrons. The SMILES string of the molecule is COc1cc(C)c(C2=CC(c3c(C)cc(OC)cc3OC)c3ccc4c5c(ccc2c35)C(c2c(C)cc(C)cc2OC)C=C4c2c(C)cc(C)cc2OC)c(OC)c1. The molecule has 0 spiro atoms. The molecule has 2 aliphatic rings. The third kappa shape index (κ3) is 6.09. The van der Waals surface area contributed by atoms with Gasteiger partial charge >= 0.3 is 0 Å². The molecule has 2 unspecified atom stereocenters. The summed E-state index contributed by atoms with van der Waals surface area (Å²) in [5, 5.41) is 2.42. The molecule has 6 aromatic carbocycles. The summed E-state index contributed by atoms with van der Waals surface area (Å²) in [6, 6.07) is 26.3. The van der Waals surface area contributed by atoms with Crippen molar-refractivity contribution in [3.63, 3.8) is 0 Å². The van der Waals surface area contributed by atoms with Crippen LogP contribution in [0.1, 0.15) is 89.7 Å². The van der Waals surface area contributed by atoms with Gasteiger partial charge in [-0.1, -0.05) is 48.6 Å². The fourth-order valence-corrected chi connectivity index (χ4v) is 9.83. The van der Waals surface area contributed by atoms with Crippen molar-refractivity contribution in [1.82, 2.24) is 0 Å². The zero-order valence-electron chi connectivity index (χ0n) is 35.7. The lowest BCUT2D eigenvalue weighted by molar-refractivity contribution is 0.390. The first-order valence-corrected chi connectivity index (χ1v) is 19.8. The number of methoxy groups -OCH3 is 6. The Kier molecular flexibility index (Phi) is 10.0. The number of benzene rings is 6. The lowest BCUT2D eigenvalue weighted by atomic mass is 9.69. The monoisotopic (exact) mass is 772 g/mol. The molecule has 0 bridgehead atoms. The van der Waals surface area contributed by atoms with Gasteiger partial charge in [0.25, 0.3) is 0 Å². The van der Waals surface area contributed by atoms with E-state index in [9.17, 15) is 0 Å². The molecule has 6 heteroatoms. The van der Waals surface area contributed by atoms with Crippen molar-refractivity contribution >= 4 is 21.9 Å². The predicted molar refractivity (Wildman–Crippen MR) is 235 cm³/mol. The van der Waals surface area contributed by atoms with Crippen molar-refractivity contribution in [2.75, 3.05) is 42.7 Å². The zero-order valence-corrected chi connectivity index (χ0v) is 35.7. The molecule has 6 aromatic rings. The molecule has 2 aliphatic carbocycles. The van der Waals surface area contributed by atoms with Gasteiger partial charge in [-0.2, -0.15) is 0 Å². The molecule has 0 saturated heterocycles. The molecular weight excluding hydrogens is 721 g/mol.